The fourth-order valence-electron chi connectivity index (χ4n) is 2.19. The van der Waals surface area contributed by atoms with E-state index in [1.165, 1.54) is 4.52 Å². The predicted molar refractivity (Wildman–Crippen MR) is 86.4 cm³/mol. The van der Waals surface area contributed by atoms with E-state index in [1.807, 2.05) is 57.2 Å². The Balaban J connectivity index is 1.82. The lowest BCUT2D eigenvalue weighted by Crippen LogP contribution is -2.20. The predicted octanol–water partition coefficient (Wildman–Crippen LogP) is 1.90. The standard InChI is InChI=1S/C16H16N6O/c1-10-9-11(2)22-16(17-10)18-14(21-22)15(23)20-19-12(3)13-7-5-4-6-8-13/h4-9H,1-3H3,(H,20,23)/b19-12-. The lowest BCUT2D eigenvalue weighted by molar-refractivity contribution is 0.0944. The smallest absolute Gasteiger partial charge is 0.264 e. The first-order valence-corrected chi connectivity index (χ1v) is 7.15. The van der Waals surface area contributed by atoms with Gasteiger partial charge in [-0.3, -0.25) is 4.79 Å². The average molecular weight is 308 g/mol. The van der Waals surface area contributed by atoms with Gasteiger partial charge in [0.25, 0.3) is 5.78 Å². The highest BCUT2D eigenvalue weighted by Gasteiger charge is 2.14. The third kappa shape index (κ3) is 3.08. The van der Waals surface area contributed by atoms with Gasteiger partial charge in [-0.25, -0.2) is 14.9 Å². The van der Waals surface area contributed by atoms with Crippen molar-refractivity contribution in [3.63, 3.8) is 0 Å². The van der Waals surface area contributed by atoms with E-state index in [9.17, 15) is 4.79 Å². The molecular formula is C16H16N6O. The Morgan fingerprint density at radius 2 is 1.91 bits per heavy atom. The monoisotopic (exact) mass is 308 g/mol. The van der Waals surface area contributed by atoms with Gasteiger partial charge in [-0.1, -0.05) is 30.3 Å². The van der Waals surface area contributed by atoms with E-state index in [4.69, 9.17) is 0 Å². The SMILES string of the molecule is C/C(=N/NC(=O)c1nc2nc(C)cc(C)n2n1)c1ccccc1. The van der Waals surface area contributed by atoms with Gasteiger partial charge in [0.2, 0.25) is 5.82 Å². The van der Waals surface area contributed by atoms with Crippen molar-refractivity contribution in [3.8, 4) is 0 Å². The summed E-state index contributed by atoms with van der Waals surface area (Å²) in [5.41, 5.74) is 5.80. The van der Waals surface area contributed by atoms with E-state index >= 15 is 0 Å². The molecule has 7 heteroatoms. The summed E-state index contributed by atoms with van der Waals surface area (Å²) in [4.78, 5) is 20.6. The summed E-state index contributed by atoms with van der Waals surface area (Å²) in [5.74, 6) is -0.0324. The van der Waals surface area contributed by atoms with Crippen LogP contribution in [0.1, 0.15) is 34.5 Å². The summed E-state index contributed by atoms with van der Waals surface area (Å²) in [6.07, 6.45) is 0. The molecular weight excluding hydrogens is 292 g/mol. The van der Waals surface area contributed by atoms with Crippen molar-refractivity contribution < 1.29 is 4.79 Å². The Morgan fingerprint density at radius 3 is 2.65 bits per heavy atom. The van der Waals surface area contributed by atoms with Crippen LogP contribution in [-0.2, 0) is 0 Å². The maximum Gasteiger partial charge on any atom is 0.311 e. The molecule has 0 bridgehead atoms. The quantitative estimate of drug-likeness (QED) is 0.591. The molecule has 0 aliphatic heterocycles. The number of nitrogens with zero attached hydrogens (tertiary/aromatic N) is 5. The first-order valence-electron chi connectivity index (χ1n) is 7.15. The van der Waals surface area contributed by atoms with Crippen molar-refractivity contribution in [1.82, 2.24) is 25.0 Å². The largest absolute Gasteiger partial charge is 0.311 e. The van der Waals surface area contributed by atoms with Crippen LogP contribution in [0.2, 0.25) is 0 Å². The summed E-state index contributed by atoms with van der Waals surface area (Å²) in [6, 6.07) is 11.5. The zero-order chi connectivity index (χ0) is 16.4. The number of benzene rings is 1. The number of aromatic nitrogens is 4. The maximum absolute atomic E-state index is 12.2. The zero-order valence-corrected chi connectivity index (χ0v) is 13.1. The molecule has 1 aromatic carbocycles. The molecule has 2 aromatic heterocycles. The van der Waals surface area contributed by atoms with Crippen molar-refractivity contribution >= 4 is 17.4 Å². The van der Waals surface area contributed by atoms with Gasteiger partial charge in [-0.05, 0) is 32.4 Å². The molecule has 3 aromatic rings. The zero-order valence-electron chi connectivity index (χ0n) is 13.1. The Bertz CT molecular complexity index is 898. The van der Waals surface area contributed by atoms with Crippen LogP contribution in [0.4, 0.5) is 0 Å². The van der Waals surface area contributed by atoms with Crippen LogP contribution in [0.25, 0.3) is 5.78 Å². The van der Waals surface area contributed by atoms with Gasteiger partial charge in [-0.15, -0.1) is 5.10 Å². The highest BCUT2D eigenvalue weighted by atomic mass is 16.2. The van der Waals surface area contributed by atoms with E-state index in [2.05, 4.69) is 25.6 Å². The Kier molecular flexibility index (Phi) is 3.84. The van der Waals surface area contributed by atoms with Crippen LogP contribution in [0.3, 0.4) is 0 Å². The van der Waals surface area contributed by atoms with E-state index in [1.54, 1.807) is 0 Å². The number of hydrazone groups is 1. The highest BCUT2D eigenvalue weighted by molar-refractivity contribution is 6.00. The van der Waals surface area contributed by atoms with Gasteiger partial charge in [0.15, 0.2) is 0 Å². The number of aryl methyl sites for hydroxylation is 2. The molecule has 0 atom stereocenters. The topological polar surface area (TPSA) is 84.5 Å². The van der Waals surface area contributed by atoms with E-state index < -0.39 is 5.91 Å². The van der Waals surface area contributed by atoms with Crippen molar-refractivity contribution in [3.05, 3.63) is 59.2 Å². The molecule has 2 heterocycles. The summed E-state index contributed by atoms with van der Waals surface area (Å²) in [6.45, 7) is 5.58. The Morgan fingerprint density at radius 1 is 1.17 bits per heavy atom. The maximum atomic E-state index is 12.2. The highest BCUT2D eigenvalue weighted by Crippen LogP contribution is 2.05. The molecule has 23 heavy (non-hydrogen) atoms. The molecule has 116 valence electrons. The van der Waals surface area contributed by atoms with Crippen LogP contribution in [0.15, 0.2) is 41.5 Å². The van der Waals surface area contributed by atoms with Crippen molar-refractivity contribution in [1.29, 1.82) is 0 Å². The Labute approximate surface area is 133 Å². The molecule has 0 spiro atoms. The lowest BCUT2D eigenvalue weighted by Gasteiger charge is -2.00. The van der Waals surface area contributed by atoms with Gasteiger partial charge in [0, 0.05) is 11.4 Å². The fourth-order valence-corrected chi connectivity index (χ4v) is 2.19. The number of carbonyl (C=O) groups is 1. The van der Waals surface area contributed by atoms with E-state index in [0.717, 1.165) is 17.0 Å². The molecule has 0 radical (unpaired) electrons. The number of rotatable bonds is 3. The summed E-state index contributed by atoms with van der Waals surface area (Å²) >= 11 is 0. The number of amides is 1. The first-order chi connectivity index (χ1) is 11.0. The minimum atomic E-state index is -0.470. The molecule has 0 aliphatic rings. The van der Waals surface area contributed by atoms with Crippen LogP contribution >= 0.6 is 0 Å². The van der Waals surface area contributed by atoms with Crippen LogP contribution in [0, 0.1) is 13.8 Å². The molecule has 0 saturated heterocycles. The molecule has 0 saturated carbocycles. The molecule has 0 unspecified atom stereocenters. The number of hydrogen-bond acceptors (Lipinski definition) is 5. The summed E-state index contributed by atoms with van der Waals surface area (Å²) in [5, 5.41) is 8.25. The van der Waals surface area contributed by atoms with Crippen molar-refractivity contribution in [2.75, 3.05) is 0 Å². The van der Waals surface area contributed by atoms with Crippen LogP contribution < -0.4 is 5.43 Å². The summed E-state index contributed by atoms with van der Waals surface area (Å²) < 4.78 is 1.54. The first kappa shape index (κ1) is 14.8. The minimum absolute atomic E-state index is 0.0378. The summed E-state index contributed by atoms with van der Waals surface area (Å²) in [7, 11) is 0. The van der Waals surface area contributed by atoms with Crippen LogP contribution in [0.5, 0.6) is 0 Å². The number of nitrogens with one attached hydrogen (secondary N) is 1. The van der Waals surface area contributed by atoms with Gasteiger partial charge in [-0.2, -0.15) is 10.1 Å². The van der Waals surface area contributed by atoms with Crippen molar-refractivity contribution in [2.45, 2.75) is 20.8 Å². The van der Waals surface area contributed by atoms with Gasteiger partial charge >= 0.3 is 5.91 Å². The lowest BCUT2D eigenvalue weighted by atomic mass is 10.1. The molecule has 0 fully saturated rings. The van der Waals surface area contributed by atoms with Crippen LogP contribution in [-0.4, -0.2) is 31.2 Å². The third-order valence-corrected chi connectivity index (χ3v) is 3.34. The molecule has 1 N–H and O–H groups in total. The molecule has 1 amide bonds. The molecule has 7 nitrogen and oxygen atoms in total. The average Bonchev–Trinajstić information content (AvgIpc) is 2.97. The second-order valence-electron chi connectivity index (χ2n) is 5.19. The molecule has 3 rings (SSSR count). The van der Waals surface area contributed by atoms with Crippen molar-refractivity contribution in [2.24, 2.45) is 5.10 Å². The second kappa shape index (κ2) is 5.96. The van der Waals surface area contributed by atoms with Gasteiger partial charge in [0.1, 0.15) is 0 Å². The Hall–Kier alpha value is -3.09. The fraction of sp³-hybridized carbons (Fsp3) is 0.188. The number of carbonyl (C=O) groups excluding carboxylic acids is 1. The minimum Gasteiger partial charge on any atom is -0.264 e. The van der Waals surface area contributed by atoms with Gasteiger partial charge in [0.05, 0.1) is 5.71 Å². The van der Waals surface area contributed by atoms with Gasteiger partial charge < -0.3 is 0 Å². The van der Waals surface area contributed by atoms with E-state index in [-0.39, 0.29) is 5.82 Å². The molecule has 0 aliphatic carbocycles. The third-order valence-electron chi connectivity index (χ3n) is 3.34. The number of fused-ring (bicyclic) bond motifs is 1. The second-order valence-corrected chi connectivity index (χ2v) is 5.19. The van der Waals surface area contributed by atoms with E-state index in [0.29, 0.717) is 11.5 Å². The normalized spacial score (nSPS) is 11.7. The number of hydrogen-bond donors (Lipinski definition) is 1.